The maximum absolute atomic E-state index is 13.7. The van der Waals surface area contributed by atoms with Crippen LogP contribution >= 0.6 is 39.1 Å². The lowest BCUT2D eigenvalue weighted by Gasteiger charge is -2.33. The molecule has 1 saturated heterocycles. The van der Waals surface area contributed by atoms with Crippen molar-refractivity contribution in [3.05, 3.63) is 28.0 Å². The van der Waals surface area contributed by atoms with Crippen molar-refractivity contribution in [3.8, 4) is 0 Å². The third-order valence-electron chi connectivity index (χ3n) is 2.94. The Bertz CT molecular complexity index is 614. The first-order valence-electron chi connectivity index (χ1n) is 5.68. The monoisotopic (exact) mass is 405 g/mol. The highest BCUT2D eigenvalue weighted by Gasteiger charge is 2.35. The number of hydrogen-bond acceptors (Lipinski definition) is 3. The minimum Gasteiger partial charge on any atom is -0.378 e. The Morgan fingerprint density at radius 3 is 2.80 bits per heavy atom. The van der Waals surface area contributed by atoms with Crippen molar-refractivity contribution < 1.29 is 17.5 Å². The summed E-state index contributed by atoms with van der Waals surface area (Å²) in [4.78, 5) is -0.283. The molecule has 1 unspecified atom stereocenters. The van der Waals surface area contributed by atoms with Crippen molar-refractivity contribution in [1.82, 2.24) is 4.31 Å². The van der Waals surface area contributed by atoms with E-state index in [-0.39, 0.29) is 35.7 Å². The number of morpholine rings is 1. The molecule has 9 heteroatoms. The van der Waals surface area contributed by atoms with E-state index in [1.54, 1.807) is 0 Å². The third kappa shape index (κ3) is 2.98. The molecule has 0 aliphatic carbocycles. The first-order valence-corrected chi connectivity index (χ1v) is 9.00. The van der Waals surface area contributed by atoms with Crippen LogP contribution in [0.25, 0.3) is 0 Å². The normalized spacial score (nSPS) is 21.1. The standard InChI is InChI=1S/C11H11BrCl2FNO3S/c12-5-7-6-19-4-3-16(7)20(17,18)9-2-1-8(13)11(15)10(9)14/h1-2,7H,3-6H2. The number of nitrogens with zero attached hydrogens (tertiary/aromatic N) is 1. The Hall–Kier alpha value is 0.0800. The van der Waals surface area contributed by atoms with Crippen LogP contribution in [0.4, 0.5) is 4.39 Å². The van der Waals surface area contributed by atoms with E-state index in [1.165, 1.54) is 16.4 Å². The number of halogens is 4. The van der Waals surface area contributed by atoms with Crippen molar-refractivity contribution in [3.63, 3.8) is 0 Å². The zero-order valence-electron chi connectivity index (χ0n) is 10.2. The molecular weight excluding hydrogens is 396 g/mol. The number of ether oxygens (including phenoxy) is 1. The second kappa shape index (κ2) is 6.46. The molecule has 1 aliphatic heterocycles. The molecule has 0 bridgehead atoms. The minimum absolute atomic E-state index is 0.194. The fourth-order valence-electron chi connectivity index (χ4n) is 1.91. The van der Waals surface area contributed by atoms with Crippen molar-refractivity contribution in [2.45, 2.75) is 10.9 Å². The fraction of sp³-hybridized carbons (Fsp3) is 0.455. The summed E-state index contributed by atoms with van der Waals surface area (Å²) in [7, 11) is -3.90. The molecule has 0 saturated carbocycles. The topological polar surface area (TPSA) is 46.6 Å². The summed E-state index contributed by atoms with van der Waals surface area (Å²) in [5.41, 5.74) is 0. The molecule has 0 spiro atoms. The molecule has 0 N–H and O–H groups in total. The largest absolute Gasteiger partial charge is 0.378 e. The van der Waals surface area contributed by atoms with Crippen LogP contribution in [0.2, 0.25) is 10.0 Å². The van der Waals surface area contributed by atoms with Gasteiger partial charge in [-0.3, -0.25) is 0 Å². The van der Waals surface area contributed by atoms with Gasteiger partial charge < -0.3 is 4.74 Å². The van der Waals surface area contributed by atoms with Crippen LogP contribution in [-0.4, -0.2) is 43.9 Å². The fourth-order valence-corrected chi connectivity index (χ4v) is 4.95. The first-order chi connectivity index (χ1) is 9.39. The highest BCUT2D eigenvalue weighted by Crippen LogP contribution is 2.32. The molecule has 1 aromatic rings. The van der Waals surface area contributed by atoms with Gasteiger partial charge in [-0.05, 0) is 12.1 Å². The SMILES string of the molecule is O=S(=O)(c1ccc(Cl)c(F)c1Cl)N1CCOCC1CBr. The van der Waals surface area contributed by atoms with Crippen molar-refractivity contribution in [2.24, 2.45) is 0 Å². The minimum atomic E-state index is -3.90. The molecule has 1 aliphatic rings. The van der Waals surface area contributed by atoms with E-state index in [0.29, 0.717) is 5.33 Å². The summed E-state index contributed by atoms with van der Waals surface area (Å²) >= 11 is 14.6. The lowest BCUT2D eigenvalue weighted by atomic mass is 10.3. The van der Waals surface area contributed by atoms with Crippen LogP contribution in [0.15, 0.2) is 17.0 Å². The van der Waals surface area contributed by atoms with Gasteiger partial charge in [-0.25, -0.2) is 12.8 Å². The maximum atomic E-state index is 13.7. The maximum Gasteiger partial charge on any atom is 0.245 e. The van der Waals surface area contributed by atoms with E-state index in [9.17, 15) is 12.8 Å². The summed E-state index contributed by atoms with van der Waals surface area (Å²) in [6, 6.07) is 2.03. The third-order valence-corrected chi connectivity index (χ3v) is 6.45. The number of alkyl halides is 1. The predicted molar refractivity (Wildman–Crippen MR) is 78.7 cm³/mol. The molecule has 0 amide bonds. The molecule has 0 radical (unpaired) electrons. The number of sulfonamides is 1. The molecular formula is C11H11BrCl2FNO3S. The van der Waals surface area contributed by atoms with Crippen LogP contribution in [0.5, 0.6) is 0 Å². The molecule has 1 aromatic carbocycles. The van der Waals surface area contributed by atoms with E-state index < -0.39 is 20.9 Å². The Kier molecular flexibility index (Phi) is 5.31. The van der Waals surface area contributed by atoms with E-state index >= 15 is 0 Å². The van der Waals surface area contributed by atoms with E-state index in [4.69, 9.17) is 27.9 Å². The lowest BCUT2D eigenvalue weighted by molar-refractivity contribution is 0.0413. The van der Waals surface area contributed by atoms with Crippen LogP contribution in [0.3, 0.4) is 0 Å². The summed E-state index contributed by atoms with van der Waals surface area (Å²) < 4.78 is 45.4. The van der Waals surface area contributed by atoms with Gasteiger partial charge in [-0.2, -0.15) is 4.31 Å². The second-order valence-electron chi connectivity index (χ2n) is 4.17. The lowest BCUT2D eigenvalue weighted by Crippen LogP contribution is -2.49. The molecule has 1 atom stereocenters. The van der Waals surface area contributed by atoms with Gasteiger partial charge >= 0.3 is 0 Å². The number of benzene rings is 1. The summed E-state index contributed by atoms with van der Waals surface area (Å²) in [6.45, 7) is 0.758. The average Bonchev–Trinajstić information content (AvgIpc) is 2.44. The van der Waals surface area contributed by atoms with E-state index in [2.05, 4.69) is 15.9 Å². The van der Waals surface area contributed by atoms with Crippen LogP contribution in [0, 0.1) is 5.82 Å². The van der Waals surface area contributed by atoms with Crippen LogP contribution in [0.1, 0.15) is 0 Å². The van der Waals surface area contributed by atoms with Gasteiger partial charge in [0.1, 0.15) is 4.90 Å². The van der Waals surface area contributed by atoms with Gasteiger partial charge in [0, 0.05) is 11.9 Å². The Morgan fingerprint density at radius 1 is 1.45 bits per heavy atom. The van der Waals surface area contributed by atoms with Crippen LogP contribution in [-0.2, 0) is 14.8 Å². The molecule has 0 aromatic heterocycles. The van der Waals surface area contributed by atoms with Gasteiger partial charge in [0.2, 0.25) is 10.0 Å². The average molecular weight is 407 g/mol. The van der Waals surface area contributed by atoms with Crippen molar-refractivity contribution in [2.75, 3.05) is 25.1 Å². The van der Waals surface area contributed by atoms with E-state index in [1.807, 2.05) is 0 Å². The van der Waals surface area contributed by atoms with Crippen LogP contribution < -0.4 is 0 Å². The van der Waals surface area contributed by atoms with Gasteiger partial charge in [0.25, 0.3) is 0 Å². The quantitative estimate of drug-likeness (QED) is 0.572. The highest BCUT2D eigenvalue weighted by molar-refractivity contribution is 9.09. The molecule has 2 rings (SSSR count). The molecule has 4 nitrogen and oxygen atoms in total. The molecule has 20 heavy (non-hydrogen) atoms. The zero-order valence-corrected chi connectivity index (χ0v) is 14.1. The number of rotatable bonds is 3. The van der Waals surface area contributed by atoms with Gasteiger partial charge in [0.15, 0.2) is 5.82 Å². The summed E-state index contributed by atoms with van der Waals surface area (Å²) in [5.74, 6) is -0.932. The Balaban J connectivity index is 2.47. The Labute approximate surface area is 135 Å². The van der Waals surface area contributed by atoms with Crippen molar-refractivity contribution >= 4 is 49.2 Å². The van der Waals surface area contributed by atoms with E-state index in [0.717, 1.165) is 0 Å². The predicted octanol–water partition coefficient (Wildman–Crippen LogP) is 2.92. The van der Waals surface area contributed by atoms with Gasteiger partial charge in [0.05, 0.1) is 29.3 Å². The zero-order chi connectivity index (χ0) is 14.9. The molecule has 112 valence electrons. The van der Waals surface area contributed by atoms with Gasteiger partial charge in [-0.1, -0.05) is 39.1 Å². The molecule has 1 fully saturated rings. The summed E-state index contributed by atoms with van der Waals surface area (Å²) in [6.07, 6.45) is 0. The Morgan fingerprint density at radius 2 is 2.15 bits per heavy atom. The van der Waals surface area contributed by atoms with Crippen molar-refractivity contribution in [1.29, 1.82) is 0 Å². The number of hydrogen-bond donors (Lipinski definition) is 0. The smallest absolute Gasteiger partial charge is 0.245 e. The van der Waals surface area contributed by atoms with Gasteiger partial charge in [-0.15, -0.1) is 0 Å². The first kappa shape index (κ1) is 16.5. The molecule has 1 heterocycles. The summed E-state index contributed by atoms with van der Waals surface area (Å²) in [5, 5.41) is -0.287. The second-order valence-corrected chi connectivity index (χ2v) is 7.46. The highest BCUT2D eigenvalue weighted by atomic mass is 79.9.